The smallest absolute Gasteiger partial charge is 0.243 e. The van der Waals surface area contributed by atoms with Gasteiger partial charge in [-0.25, -0.2) is 8.42 Å². The second-order valence-corrected chi connectivity index (χ2v) is 7.66. The highest BCUT2D eigenvalue weighted by Gasteiger charge is 2.31. The maximum absolute atomic E-state index is 12.6. The largest absolute Gasteiger partial charge is 0.396 e. The van der Waals surface area contributed by atoms with Gasteiger partial charge in [0.2, 0.25) is 10.0 Å². The van der Waals surface area contributed by atoms with Crippen molar-refractivity contribution in [2.24, 2.45) is 11.8 Å². The number of sulfonamides is 1. The van der Waals surface area contributed by atoms with Gasteiger partial charge in [0.1, 0.15) is 0 Å². The maximum atomic E-state index is 12.6. The summed E-state index contributed by atoms with van der Waals surface area (Å²) in [4.78, 5) is 0.348. The molecule has 5 heteroatoms. The molecular formula is C15H23NO3S. The van der Waals surface area contributed by atoms with Crippen LogP contribution in [0.25, 0.3) is 0 Å². The van der Waals surface area contributed by atoms with E-state index in [1.165, 1.54) is 0 Å². The van der Waals surface area contributed by atoms with E-state index in [4.69, 9.17) is 5.11 Å². The van der Waals surface area contributed by atoms with Crippen molar-refractivity contribution in [1.29, 1.82) is 0 Å². The molecule has 0 aliphatic carbocycles. The Labute approximate surface area is 121 Å². The summed E-state index contributed by atoms with van der Waals surface area (Å²) < 4.78 is 26.8. The van der Waals surface area contributed by atoms with Crippen LogP contribution in [0.4, 0.5) is 0 Å². The van der Waals surface area contributed by atoms with E-state index >= 15 is 0 Å². The molecule has 1 aromatic rings. The lowest BCUT2D eigenvalue weighted by Gasteiger charge is -2.34. The number of hydrogen-bond donors (Lipinski definition) is 1. The van der Waals surface area contributed by atoms with Crippen molar-refractivity contribution < 1.29 is 13.5 Å². The molecule has 1 fully saturated rings. The maximum Gasteiger partial charge on any atom is 0.243 e. The minimum Gasteiger partial charge on any atom is -0.396 e. The number of benzene rings is 1. The van der Waals surface area contributed by atoms with Gasteiger partial charge in [-0.1, -0.05) is 26.0 Å². The number of piperidine rings is 1. The average Bonchev–Trinajstić information content (AvgIpc) is 2.43. The zero-order valence-corrected chi connectivity index (χ0v) is 12.9. The Bertz CT molecular complexity index is 539. The first-order chi connectivity index (χ1) is 9.45. The molecule has 0 bridgehead atoms. The van der Waals surface area contributed by atoms with Gasteiger partial charge in [-0.15, -0.1) is 0 Å². The van der Waals surface area contributed by atoms with E-state index in [1.54, 1.807) is 28.6 Å². The highest BCUT2D eigenvalue weighted by molar-refractivity contribution is 7.89. The lowest BCUT2D eigenvalue weighted by molar-refractivity contribution is 0.212. The Hall–Kier alpha value is -0.910. The van der Waals surface area contributed by atoms with Crippen molar-refractivity contribution in [2.45, 2.75) is 31.6 Å². The minimum absolute atomic E-state index is 0.0770. The van der Waals surface area contributed by atoms with Crippen LogP contribution in [0.2, 0.25) is 0 Å². The van der Waals surface area contributed by atoms with Crippen LogP contribution in [0, 0.1) is 11.8 Å². The fourth-order valence-corrected chi connectivity index (χ4v) is 4.10. The molecule has 0 amide bonds. The van der Waals surface area contributed by atoms with E-state index in [0.29, 0.717) is 36.2 Å². The van der Waals surface area contributed by atoms with Gasteiger partial charge in [0.15, 0.2) is 0 Å². The topological polar surface area (TPSA) is 57.6 Å². The average molecular weight is 297 g/mol. The van der Waals surface area contributed by atoms with Crippen LogP contribution in [0.15, 0.2) is 29.2 Å². The van der Waals surface area contributed by atoms with Gasteiger partial charge in [-0.2, -0.15) is 4.31 Å². The summed E-state index contributed by atoms with van der Waals surface area (Å²) in [6, 6.07) is 6.84. The third kappa shape index (κ3) is 3.22. The Kier molecular flexibility index (Phi) is 4.83. The normalized spacial score (nSPS) is 24.8. The molecule has 20 heavy (non-hydrogen) atoms. The minimum atomic E-state index is -3.38. The summed E-state index contributed by atoms with van der Waals surface area (Å²) in [5.74, 6) is 0.973. The lowest BCUT2D eigenvalue weighted by Crippen LogP contribution is -2.42. The molecule has 1 aliphatic heterocycles. The Balaban J connectivity index is 2.17. The van der Waals surface area contributed by atoms with E-state index in [9.17, 15) is 8.42 Å². The Morgan fingerprint density at radius 2 is 1.85 bits per heavy atom. The van der Waals surface area contributed by atoms with Crippen molar-refractivity contribution in [3.05, 3.63) is 29.8 Å². The monoisotopic (exact) mass is 297 g/mol. The van der Waals surface area contributed by atoms with Crippen LogP contribution >= 0.6 is 0 Å². The summed E-state index contributed by atoms with van der Waals surface area (Å²) in [5.41, 5.74) is 0.951. The molecule has 0 spiro atoms. The molecule has 1 aliphatic rings. The van der Waals surface area contributed by atoms with Crippen molar-refractivity contribution in [3.63, 3.8) is 0 Å². The SMILES string of the molecule is CC1CCN(S(=O)(=O)c2ccc(CCO)cc2)CC1C. The molecular weight excluding hydrogens is 274 g/mol. The molecule has 2 unspecified atom stereocenters. The molecule has 1 N–H and O–H groups in total. The highest BCUT2D eigenvalue weighted by atomic mass is 32.2. The lowest BCUT2D eigenvalue weighted by atomic mass is 9.90. The predicted octanol–water partition coefficient (Wildman–Crippen LogP) is 1.89. The summed E-state index contributed by atoms with van der Waals surface area (Å²) in [5, 5.41) is 8.88. The van der Waals surface area contributed by atoms with Gasteiger partial charge in [0, 0.05) is 19.7 Å². The zero-order chi connectivity index (χ0) is 14.8. The fraction of sp³-hybridized carbons (Fsp3) is 0.600. The van der Waals surface area contributed by atoms with Gasteiger partial charge in [-0.05, 0) is 42.4 Å². The van der Waals surface area contributed by atoms with E-state index in [-0.39, 0.29) is 6.61 Å². The van der Waals surface area contributed by atoms with Crippen LogP contribution in [-0.2, 0) is 16.4 Å². The fourth-order valence-electron chi connectivity index (χ4n) is 2.55. The molecule has 2 atom stereocenters. The summed E-state index contributed by atoms with van der Waals surface area (Å²) in [6.07, 6.45) is 1.47. The first-order valence-electron chi connectivity index (χ1n) is 7.15. The number of aliphatic hydroxyl groups is 1. The van der Waals surface area contributed by atoms with Crippen molar-refractivity contribution in [3.8, 4) is 0 Å². The van der Waals surface area contributed by atoms with Crippen LogP contribution in [0.5, 0.6) is 0 Å². The quantitative estimate of drug-likeness (QED) is 0.923. The number of hydrogen-bond acceptors (Lipinski definition) is 3. The third-order valence-corrected chi connectivity index (χ3v) is 6.14. The predicted molar refractivity (Wildman–Crippen MR) is 78.9 cm³/mol. The summed E-state index contributed by atoms with van der Waals surface area (Å²) in [7, 11) is -3.38. The first kappa shape index (κ1) is 15.5. The van der Waals surface area contributed by atoms with Gasteiger partial charge < -0.3 is 5.11 Å². The summed E-state index contributed by atoms with van der Waals surface area (Å²) in [6.45, 7) is 5.57. The highest BCUT2D eigenvalue weighted by Crippen LogP contribution is 2.27. The Morgan fingerprint density at radius 1 is 1.20 bits per heavy atom. The number of nitrogens with zero attached hydrogens (tertiary/aromatic N) is 1. The summed E-state index contributed by atoms with van der Waals surface area (Å²) >= 11 is 0. The zero-order valence-electron chi connectivity index (χ0n) is 12.1. The molecule has 1 aromatic carbocycles. The van der Waals surface area contributed by atoms with Crippen LogP contribution in [0.1, 0.15) is 25.8 Å². The van der Waals surface area contributed by atoms with Gasteiger partial charge in [0.25, 0.3) is 0 Å². The molecule has 2 rings (SSSR count). The van der Waals surface area contributed by atoms with Crippen molar-refractivity contribution >= 4 is 10.0 Å². The van der Waals surface area contributed by atoms with E-state index in [1.807, 2.05) is 0 Å². The molecule has 0 aromatic heterocycles. The second kappa shape index (κ2) is 6.24. The van der Waals surface area contributed by atoms with Gasteiger partial charge in [-0.3, -0.25) is 0 Å². The molecule has 1 heterocycles. The third-order valence-electron chi connectivity index (χ3n) is 4.26. The van der Waals surface area contributed by atoms with E-state index in [0.717, 1.165) is 12.0 Å². The Morgan fingerprint density at radius 3 is 2.40 bits per heavy atom. The molecule has 0 radical (unpaired) electrons. The molecule has 0 saturated carbocycles. The van der Waals surface area contributed by atoms with Crippen LogP contribution in [0.3, 0.4) is 0 Å². The van der Waals surface area contributed by atoms with Crippen LogP contribution < -0.4 is 0 Å². The second-order valence-electron chi connectivity index (χ2n) is 5.72. The first-order valence-corrected chi connectivity index (χ1v) is 8.59. The van der Waals surface area contributed by atoms with E-state index < -0.39 is 10.0 Å². The molecule has 1 saturated heterocycles. The standard InChI is InChI=1S/C15H23NO3S/c1-12-7-9-16(11-13(12)2)20(18,19)15-5-3-14(4-6-15)8-10-17/h3-6,12-13,17H,7-11H2,1-2H3. The molecule has 4 nitrogen and oxygen atoms in total. The number of rotatable bonds is 4. The van der Waals surface area contributed by atoms with Crippen molar-refractivity contribution in [2.75, 3.05) is 19.7 Å². The van der Waals surface area contributed by atoms with E-state index in [2.05, 4.69) is 13.8 Å². The number of aliphatic hydroxyl groups excluding tert-OH is 1. The van der Waals surface area contributed by atoms with Gasteiger partial charge >= 0.3 is 0 Å². The molecule has 112 valence electrons. The van der Waals surface area contributed by atoms with Crippen LogP contribution in [-0.4, -0.2) is 37.5 Å². The van der Waals surface area contributed by atoms with Crippen molar-refractivity contribution in [1.82, 2.24) is 4.31 Å². The van der Waals surface area contributed by atoms with Gasteiger partial charge in [0.05, 0.1) is 4.90 Å².